The Bertz CT molecular complexity index is 694. The van der Waals surface area contributed by atoms with Gasteiger partial charge in [0, 0.05) is 23.9 Å². The van der Waals surface area contributed by atoms with Crippen molar-refractivity contribution in [3.63, 3.8) is 0 Å². The van der Waals surface area contributed by atoms with E-state index >= 15 is 0 Å². The second-order valence-corrected chi connectivity index (χ2v) is 6.57. The van der Waals surface area contributed by atoms with Crippen molar-refractivity contribution in [3.8, 4) is 0 Å². The van der Waals surface area contributed by atoms with E-state index in [1.54, 1.807) is 23.1 Å². The van der Waals surface area contributed by atoms with Crippen LogP contribution in [0, 0.1) is 0 Å². The molecule has 0 bridgehead atoms. The van der Waals surface area contributed by atoms with E-state index in [-0.39, 0.29) is 30.4 Å². The van der Waals surface area contributed by atoms with Gasteiger partial charge >= 0.3 is 12.1 Å². The number of rotatable bonds is 6. The zero-order valence-electron chi connectivity index (χ0n) is 14.5. The molecule has 1 aromatic carbocycles. The number of nitrogens with one attached hydrogen (secondary N) is 1. The molecule has 1 fully saturated rings. The number of nitrogens with zero attached hydrogens (tertiary/aromatic N) is 1. The van der Waals surface area contributed by atoms with Gasteiger partial charge in [-0.15, -0.1) is 0 Å². The number of thiol groups is 1. The Morgan fingerprint density at radius 1 is 1.38 bits per heavy atom. The van der Waals surface area contributed by atoms with Gasteiger partial charge in [-0.2, -0.15) is 12.6 Å². The van der Waals surface area contributed by atoms with Crippen LogP contribution in [0.1, 0.15) is 27.1 Å². The lowest BCUT2D eigenvalue weighted by Gasteiger charge is -2.23. The molecule has 140 valence electrons. The number of hydrogen-bond acceptors (Lipinski definition) is 6. The first-order valence-corrected chi connectivity index (χ1v) is 8.66. The van der Waals surface area contributed by atoms with Crippen molar-refractivity contribution in [2.45, 2.75) is 17.7 Å². The average molecular weight is 378 g/mol. The molecule has 1 aliphatic heterocycles. The highest BCUT2D eigenvalue weighted by Gasteiger charge is 2.34. The SMILES string of the molecule is C=CCOC(=O)N1CC(S)CC1CNC(=O)c1cccc(C(=O)OC)c1. The van der Waals surface area contributed by atoms with Gasteiger partial charge < -0.3 is 19.7 Å². The molecule has 7 nitrogen and oxygen atoms in total. The normalized spacial score (nSPS) is 18.9. The van der Waals surface area contributed by atoms with E-state index in [2.05, 4.69) is 29.3 Å². The average Bonchev–Trinajstić information content (AvgIpc) is 3.04. The lowest BCUT2D eigenvalue weighted by molar-refractivity contribution is 0.0600. The number of carbonyl (C=O) groups is 3. The summed E-state index contributed by atoms with van der Waals surface area (Å²) in [5, 5.41) is 2.82. The van der Waals surface area contributed by atoms with E-state index in [1.807, 2.05) is 0 Å². The summed E-state index contributed by atoms with van der Waals surface area (Å²) in [5.41, 5.74) is 0.639. The molecule has 1 N–H and O–H groups in total. The zero-order valence-corrected chi connectivity index (χ0v) is 15.4. The lowest BCUT2D eigenvalue weighted by Crippen LogP contribution is -2.43. The fourth-order valence-corrected chi connectivity index (χ4v) is 3.16. The summed E-state index contributed by atoms with van der Waals surface area (Å²) in [4.78, 5) is 37.6. The van der Waals surface area contributed by atoms with Crippen molar-refractivity contribution < 1.29 is 23.9 Å². The third kappa shape index (κ3) is 5.01. The molecular weight excluding hydrogens is 356 g/mol. The quantitative estimate of drug-likeness (QED) is 0.449. The minimum atomic E-state index is -0.510. The summed E-state index contributed by atoms with van der Waals surface area (Å²) >= 11 is 4.42. The molecule has 0 aromatic heterocycles. The molecule has 1 heterocycles. The van der Waals surface area contributed by atoms with Gasteiger partial charge in [0.2, 0.25) is 0 Å². The predicted octanol–water partition coefficient (Wildman–Crippen LogP) is 1.90. The Kier molecular flexibility index (Phi) is 7.08. The molecule has 0 spiro atoms. The first-order valence-electron chi connectivity index (χ1n) is 8.15. The van der Waals surface area contributed by atoms with E-state index in [0.29, 0.717) is 24.1 Å². The maximum atomic E-state index is 12.4. The molecule has 1 aliphatic rings. The highest BCUT2D eigenvalue weighted by molar-refractivity contribution is 7.81. The van der Waals surface area contributed by atoms with Crippen molar-refractivity contribution in [2.24, 2.45) is 0 Å². The summed E-state index contributed by atoms with van der Waals surface area (Å²) in [6.45, 7) is 4.36. The molecule has 1 aromatic rings. The number of amides is 2. The van der Waals surface area contributed by atoms with E-state index in [9.17, 15) is 14.4 Å². The summed E-state index contributed by atoms with van der Waals surface area (Å²) in [5.74, 6) is -0.845. The van der Waals surface area contributed by atoms with Crippen molar-refractivity contribution in [3.05, 3.63) is 48.0 Å². The number of hydrogen-bond donors (Lipinski definition) is 2. The highest BCUT2D eigenvalue weighted by Crippen LogP contribution is 2.22. The van der Waals surface area contributed by atoms with Crippen LogP contribution in [0.3, 0.4) is 0 Å². The van der Waals surface area contributed by atoms with Crippen molar-refractivity contribution in [1.29, 1.82) is 0 Å². The van der Waals surface area contributed by atoms with Gasteiger partial charge in [0.05, 0.1) is 18.7 Å². The molecule has 2 unspecified atom stereocenters. The smallest absolute Gasteiger partial charge is 0.410 e. The molecular formula is C18H22N2O5S. The van der Waals surface area contributed by atoms with Crippen LogP contribution in [-0.2, 0) is 9.47 Å². The number of esters is 1. The first kappa shape index (κ1) is 19.8. The number of benzene rings is 1. The van der Waals surface area contributed by atoms with E-state index in [4.69, 9.17) is 4.74 Å². The van der Waals surface area contributed by atoms with Crippen LogP contribution < -0.4 is 5.32 Å². The van der Waals surface area contributed by atoms with Crippen LogP contribution in [0.15, 0.2) is 36.9 Å². The third-order valence-corrected chi connectivity index (χ3v) is 4.37. The topological polar surface area (TPSA) is 84.9 Å². The molecule has 26 heavy (non-hydrogen) atoms. The van der Waals surface area contributed by atoms with Crippen LogP contribution in [-0.4, -0.2) is 61.0 Å². The standard InChI is InChI=1S/C18H22N2O5S/c1-3-7-25-18(23)20-11-15(26)9-14(20)10-19-16(21)12-5-4-6-13(8-12)17(22)24-2/h3-6,8,14-15,26H,1,7,9-11H2,2H3,(H,19,21). The first-order chi connectivity index (χ1) is 12.5. The number of carbonyl (C=O) groups excluding carboxylic acids is 3. The maximum absolute atomic E-state index is 12.4. The van der Waals surface area contributed by atoms with E-state index in [1.165, 1.54) is 19.3 Å². The Hall–Kier alpha value is -2.48. The monoisotopic (exact) mass is 378 g/mol. The van der Waals surface area contributed by atoms with Crippen LogP contribution >= 0.6 is 12.6 Å². The van der Waals surface area contributed by atoms with Gasteiger partial charge in [-0.05, 0) is 24.6 Å². The molecule has 2 rings (SSSR count). The second kappa shape index (κ2) is 9.28. The van der Waals surface area contributed by atoms with Crippen molar-refractivity contribution in [1.82, 2.24) is 10.2 Å². The summed E-state index contributed by atoms with van der Waals surface area (Å²) in [6.07, 6.45) is 1.69. The Morgan fingerprint density at radius 2 is 2.12 bits per heavy atom. The van der Waals surface area contributed by atoms with Crippen LogP contribution in [0.25, 0.3) is 0 Å². The van der Waals surface area contributed by atoms with Gasteiger partial charge in [0.25, 0.3) is 5.91 Å². The number of likely N-dealkylation sites (tertiary alicyclic amines) is 1. The van der Waals surface area contributed by atoms with Gasteiger partial charge in [0.1, 0.15) is 6.61 Å². The van der Waals surface area contributed by atoms with Crippen LogP contribution in [0.2, 0.25) is 0 Å². The Labute approximate surface area is 157 Å². The summed E-state index contributed by atoms with van der Waals surface area (Å²) in [6, 6.07) is 6.05. The second-order valence-electron chi connectivity index (χ2n) is 5.84. The molecule has 0 radical (unpaired) electrons. The van der Waals surface area contributed by atoms with Crippen molar-refractivity contribution in [2.75, 3.05) is 26.8 Å². The minimum absolute atomic E-state index is 0.0239. The van der Waals surface area contributed by atoms with Gasteiger partial charge in [0.15, 0.2) is 0 Å². The molecule has 8 heteroatoms. The Morgan fingerprint density at radius 3 is 2.81 bits per heavy atom. The summed E-state index contributed by atoms with van der Waals surface area (Å²) < 4.78 is 9.72. The predicted molar refractivity (Wildman–Crippen MR) is 99.5 cm³/mol. The van der Waals surface area contributed by atoms with Gasteiger partial charge in [-0.25, -0.2) is 9.59 Å². The van der Waals surface area contributed by atoms with Crippen LogP contribution in [0.4, 0.5) is 4.79 Å². The lowest BCUT2D eigenvalue weighted by atomic mass is 10.1. The maximum Gasteiger partial charge on any atom is 0.410 e. The molecule has 2 atom stereocenters. The van der Waals surface area contributed by atoms with Gasteiger partial charge in [-0.1, -0.05) is 18.7 Å². The number of methoxy groups -OCH3 is 1. The van der Waals surface area contributed by atoms with Crippen molar-refractivity contribution >= 4 is 30.6 Å². The van der Waals surface area contributed by atoms with Gasteiger partial charge in [-0.3, -0.25) is 4.79 Å². The van der Waals surface area contributed by atoms with E-state index < -0.39 is 12.1 Å². The van der Waals surface area contributed by atoms with E-state index in [0.717, 1.165) is 0 Å². The fourth-order valence-electron chi connectivity index (χ4n) is 2.74. The largest absolute Gasteiger partial charge is 0.465 e. The van der Waals surface area contributed by atoms with Crippen LogP contribution in [0.5, 0.6) is 0 Å². The molecule has 2 amide bonds. The molecule has 1 saturated heterocycles. The zero-order chi connectivity index (χ0) is 19.1. The highest BCUT2D eigenvalue weighted by atomic mass is 32.1. The number of ether oxygens (including phenoxy) is 2. The molecule has 0 saturated carbocycles. The third-order valence-electron chi connectivity index (χ3n) is 4.00. The summed E-state index contributed by atoms with van der Waals surface area (Å²) in [7, 11) is 1.28. The fraction of sp³-hybridized carbons (Fsp3) is 0.389. The molecule has 0 aliphatic carbocycles. The minimum Gasteiger partial charge on any atom is -0.465 e. The Balaban J connectivity index is 1.98.